The highest BCUT2D eigenvalue weighted by Gasteiger charge is 2.30. The molecule has 0 saturated heterocycles. The maximum Gasteiger partial charge on any atom is 0.416 e. The third-order valence-corrected chi connectivity index (χ3v) is 2.90. The summed E-state index contributed by atoms with van der Waals surface area (Å²) in [6.07, 6.45) is -1.90. The highest BCUT2D eigenvalue weighted by atomic mass is 35.5. The zero-order valence-electron chi connectivity index (χ0n) is 10.9. The molecule has 1 aromatic carbocycles. The summed E-state index contributed by atoms with van der Waals surface area (Å²) in [5.41, 5.74) is 1.70. The zero-order chi connectivity index (χ0) is 16.2. The van der Waals surface area contributed by atoms with Crippen LogP contribution in [-0.2, 0) is 6.18 Å². The molecule has 0 bridgehead atoms. The average Bonchev–Trinajstić information content (AvgIpc) is 2.47. The van der Waals surface area contributed by atoms with Crippen molar-refractivity contribution in [1.82, 2.24) is 10.4 Å². The predicted octanol–water partition coefficient (Wildman–Crippen LogP) is 3.52. The molecule has 2 aromatic rings. The topological polar surface area (TPSA) is 54.4 Å². The van der Waals surface area contributed by atoms with Crippen molar-refractivity contribution in [2.75, 3.05) is 0 Å². The van der Waals surface area contributed by atoms with Crippen LogP contribution >= 0.6 is 11.6 Å². The Hall–Kier alpha value is -2.41. The SMILES string of the molecule is O=C(NN=Cc1cccc(C(F)(F)F)c1)c1cccnc1Cl. The van der Waals surface area contributed by atoms with Crippen molar-refractivity contribution in [3.63, 3.8) is 0 Å². The summed E-state index contributed by atoms with van der Waals surface area (Å²) in [5.74, 6) is -0.610. The molecule has 0 unspecified atom stereocenters. The third-order valence-electron chi connectivity index (χ3n) is 2.60. The molecule has 0 aliphatic heterocycles. The Kier molecular flexibility index (Phi) is 4.77. The molecule has 22 heavy (non-hydrogen) atoms. The van der Waals surface area contributed by atoms with Gasteiger partial charge in [-0.1, -0.05) is 23.7 Å². The number of nitrogens with zero attached hydrogens (tertiary/aromatic N) is 2. The molecule has 0 saturated carbocycles. The number of amides is 1. The van der Waals surface area contributed by atoms with Crippen molar-refractivity contribution in [3.05, 3.63) is 64.4 Å². The Bertz CT molecular complexity index is 716. The van der Waals surface area contributed by atoms with Crippen LogP contribution in [0.4, 0.5) is 13.2 Å². The maximum atomic E-state index is 12.5. The lowest BCUT2D eigenvalue weighted by molar-refractivity contribution is -0.137. The lowest BCUT2D eigenvalue weighted by atomic mass is 10.1. The first-order valence-electron chi connectivity index (χ1n) is 5.99. The number of aromatic nitrogens is 1. The minimum absolute atomic E-state index is 0.00858. The van der Waals surface area contributed by atoms with Crippen LogP contribution in [0.1, 0.15) is 21.5 Å². The fourth-order valence-electron chi connectivity index (χ4n) is 1.58. The van der Waals surface area contributed by atoms with Crippen molar-refractivity contribution >= 4 is 23.7 Å². The van der Waals surface area contributed by atoms with Gasteiger partial charge < -0.3 is 0 Å². The summed E-state index contributed by atoms with van der Waals surface area (Å²) >= 11 is 5.74. The number of nitrogens with one attached hydrogen (secondary N) is 1. The van der Waals surface area contributed by atoms with Crippen LogP contribution in [0.25, 0.3) is 0 Å². The van der Waals surface area contributed by atoms with Crippen molar-refractivity contribution < 1.29 is 18.0 Å². The second kappa shape index (κ2) is 6.57. The first-order chi connectivity index (χ1) is 10.4. The Morgan fingerprint density at radius 3 is 2.73 bits per heavy atom. The number of hydrogen-bond acceptors (Lipinski definition) is 3. The molecule has 1 heterocycles. The van der Waals surface area contributed by atoms with Crippen LogP contribution in [0.15, 0.2) is 47.7 Å². The van der Waals surface area contributed by atoms with Gasteiger partial charge in [0.05, 0.1) is 17.3 Å². The lowest BCUT2D eigenvalue weighted by Crippen LogP contribution is -2.18. The van der Waals surface area contributed by atoms with E-state index in [-0.39, 0.29) is 16.3 Å². The number of alkyl halides is 3. The average molecular weight is 328 g/mol. The van der Waals surface area contributed by atoms with E-state index in [9.17, 15) is 18.0 Å². The van der Waals surface area contributed by atoms with Gasteiger partial charge in [0, 0.05) is 6.20 Å². The molecule has 0 aliphatic rings. The van der Waals surface area contributed by atoms with Crippen molar-refractivity contribution in [3.8, 4) is 0 Å². The summed E-state index contributed by atoms with van der Waals surface area (Å²) in [6.45, 7) is 0. The van der Waals surface area contributed by atoms with Gasteiger partial charge in [-0.2, -0.15) is 18.3 Å². The largest absolute Gasteiger partial charge is 0.416 e. The Morgan fingerprint density at radius 2 is 2.05 bits per heavy atom. The van der Waals surface area contributed by atoms with Crippen LogP contribution in [0.5, 0.6) is 0 Å². The van der Waals surface area contributed by atoms with Crippen LogP contribution < -0.4 is 5.43 Å². The van der Waals surface area contributed by atoms with Crippen molar-refractivity contribution in [1.29, 1.82) is 0 Å². The first kappa shape index (κ1) is 16.0. The highest BCUT2D eigenvalue weighted by Crippen LogP contribution is 2.29. The van der Waals surface area contributed by atoms with Crippen LogP contribution in [-0.4, -0.2) is 17.1 Å². The van der Waals surface area contributed by atoms with E-state index in [4.69, 9.17) is 11.6 Å². The smallest absolute Gasteiger partial charge is 0.267 e. The lowest BCUT2D eigenvalue weighted by Gasteiger charge is -2.06. The molecule has 114 valence electrons. The second-order valence-electron chi connectivity index (χ2n) is 4.16. The molecule has 1 aromatic heterocycles. The monoisotopic (exact) mass is 327 g/mol. The number of carbonyl (C=O) groups excluding carboxylic acids is 1. The number of pyridine rings is 1. The van der Waals surface area contributed by atoms with E-state index in [1.54, 1.807) is 0 Å². The number of carbonyl (C=O) groups is 1. The van der Waals surface area contributed by atoms with Crippen molar-refractivity contribution in [2.24, 2.45) is 5.10 Å². The molecule has 1 amide bonds. The highest BCUT2D eigenvalue weighted by molar-refractivity contribution is 6.32. The molecule has 2 rings (SSSR count). The van der Waals surface area contributed by atoms with E-state index in [0.717, 1.165) is 18.3 Å². The van der Waals surface area contributed by atoms with Crippen LogP contribution in [0.3, 0.4) is 0 Å². The minimum atomic E-state index is -4.43. The summed E-state index contributed by atoms with van der Waals surface area (Å²) in [5, 5.41) is 3.61. The standard InChI is InChI=1S/C14H9ClF3N3O/c15-12-11(5-2-6-19-12)13(22)21-20-8-9-3-1-4-10(7-9)14(16,17)18/h1-8H,(H,21,22). The predicted molar refractivity (Wildman–Crippen MR) is 75.8 cm³/mol. The Labute approximate surface area is 128 Å². The fourth-order valence-corrected chi connectivity index (χ4v) is 1.78. The van der Waals surface area contributed by atoms with Gasteiger partial charge in [0.15, 0.2) is 0 Å². The number of rotatable bonds is 3. The van der Waals surface area contributed by atoms with Gasteiger partial charge in [-0.3, -0.25) is 4.79 Å². The van der Waals surface area contributed by atoms with Gasteiger partial charge in [-0.05, 0) is 29.8 Å². The van der Waals surface area contributed by atoms with Crippen LogP contribution in [0.2, 0.25) is 5.15 Å². The Balaban J connectivity index is 2.07. The van der Waals surface area contributed by atoms with E-state index < -0.39 is 17.6 Å². The molecule has 1 N–H and O–H groups in total. The summed E-state index contributed by atoms with van der Waals surface area (Å²) in [7, 11) is 0. The molecule has 0 spiro atoms. The molecular weight excluding hydrogens is 319 g/mol. The van der Waals surface area contributed by atoms with E-state index in [2.05, 4.69) is 15.5 Å². The van der Waals surface area contributed by atoms with E-state index >= 15 is 0 Å². The quantitative estimate of drug-likeness (QED) is 0.533. The molecule has 0 radical (unpaired) electrons. The van der Waals surface area contributed by atoms with Gasteiger partial charge in [-0.15, -0.1) is 0 Å². The van der Waals surface area contributed by atoms with Gasteiger partial charge in [0.1, 0.15) is 5.15 Å². The van der Waals surface area contributed by atoms with E-state index in [1.807, 2.05) is 0 Å². The molecular formula is C14H9ClF3N3O. The van der Waals surface area contributed by atoms with Gasteiger partial charge in [-0.25, -0.2) is 10.4 Å². The Morgan fingerprint density at radius 1 is 1.27 bits per heavy atom. The molecule has 4 nitrogen and oxygen atoms in total. The van der Waals surface area contributed by atoms with Crippen LogP contribution in [0, 0.1) is 0 Å². The summed E-state index contributed by atoms with van der Waals surface area (Å²) < 4.78 is 37.6. The van der Waals surface area contributed by atoms with Gasteiger partial charge in [0.25, 0.3) is 5.91 Å². The number of hydrazone groups is 1. The molecule has 0 fully saturated rings. The third kappa shape index (κ3) is 4.05. The van der Waals surface area contributed by atoms with Gasteiger partial charge in [0.2, 0.25) is 0 Å². The summed E-state index contributed by atoms with van der Waals surface area (Å²) in [4.78, 5) is 15.5. The second-order valence-corrected chi connectivity index (χ2v) is 4.52. The fraction of sp³-hybridized carbons (Fsp3) is 0.0714. The van der Waals surface area contributed by atoms with Crippen molar-refractivity contribution in [2.45, 2.75) is 6.18 Å². The van der Waals surface area contributed by atoms with E-state index in [0.29, 0.717) is 0 Å². The molecule has 0 aliphatic carbocycles. The number of benzene rings is 1. The normalized spacial score (nSPS) is 11.6. The number of halogens is 4. The molecule has 8 heteroatoms. The van der Waals surface area contributed by atoms with Gasteiger partial charge >= 0.3 is 6.18 Å². The summed E-state index contributed by atoms with van der Waals surface area (Å²) in [6, 6.07) is 7.53. The molecule has 0 atom stereocenters. The van der Waals surface area contributed by atoms with E-state index in [1.165, 1.54) is 30.5 Å². The minimum Gasteiger partial charge on any atom is -0.267 e. The maximum absolute atomic E-state index is 12.5. The number of hydrogen-bond donors (Lipinski definition) is 1. The first-order valence-corrected chi connectivity index (χ1v) is 6.37. The zero-order valence-corrected chi connectivity index (χ0v) is 11.7.